The van der Waals surface area contributed by atoms with Gasteiger partial charge in [-0.3, -0.25) is 0 Å². The first-order chi connectivity index (χ1) is 10.2. The van der Waals surface area contributed by atoms with E-state index in [1.165, 1.54) is 4.88 Å². The number of guanidine groups is 1. The largest absolute Gasteiger partial charge is 0.356 e. The van der Waals surface area contributed by atoms with Crippen LogP contribution in [0.1, 0.15) is 32.1 Å². The maximum atomic E-state index is 11.5. The van der Waals surface area contributed by atoms with E-state index in [-0.39, 0.29) is 41.2 Å². The third kappa shape index (κ3) is 7.84. The van der Waals surface area contributed by atoms with Crippen LogP contribution in [0.4, 0.5) is 0 Å². The summed E-state index contributed by atoms with van der Waals surface area (Å²) < 4.78 is 23.0. The lowest BCUT2D eigenvalue weighted by molar-refractivity contribution is 0.491. The minimum Gasteiger partial charge on any atom is -0.356 e. The minimum absolute atomic E-state index is 0. The number of halogens is 1. The molecule has 2 N–H and O–H groups in total. The molecule has 1 aromatic rings. The van der Waals surface area contributed by atoms with Crippen molar-refractivity contribution >= 4 is 51.1 Å². The van der Waals surface area contributed by atoms with Gasteiger partial charge in [-0.1, -0.05) is 6.07 Å². The summed E-state index contributed by atoms with van der Waals surface area (Å²) in [5.41, 5.74) is -0.0942. The van der Waals surface area contributed by atoms with Gasteiger partial charge in [-0.2, -0.15) is 0 Å². The first-order valence-corrected chi connectivity index (χ1v) is 10.2. The maximum absolute atomic E-state index is 11.5. The SMILES string of the molecule is CC(C)(C)NC(=NCc1cccs1)NCC1CCS(=O)(=O)C1.I. The molecule has 0 radical (unpaired) electrons. The zero-order chi connectivity index (χ0) is 16.2. The molecular formula is C15H26IN3O2S2. The van der Waals surface area contributed by atoms with Crippen molar-refractivity contribution in [2.24, 2.45) is 10.9 Å². The molecule has 0 spiro atoms. The van der Waals surface area contributed by atoms with Crippen LogP contribution in [0.2, 0.25) is 0 Å². The molecule has 0 amide bonds. The molecule has 5 nitrogen and oxygen atoms in total. The van der Waals surface area contributed by atoms with E-state index in [0.717, 1.165) is 12.4 Å². The third-order valence-electron chi connectivity index (χ3n) is 3.35. The van der Waals surface area contributed by atoms with Gasteiger partial charge in [-0.05, 0) is 44.6 Å². The number of aliphatic imine (C=N–C) groups is 1. The number of sulfone groups is 1. The molecule has 2 rings (SSSR count). The van der Waals surface area contributed by atoms with Crippen LogP contribution in [0.25, 0.3) is 0 Å². The van der Waals surface area contributed by atoms with E-state index in [1.54, 1.807) is 11.3 Å². The maximum Gasteiger partial charge on any atom is 0.192 e. The molecule has 23 heavy (non-hydrogen) atoms. The number of hydrogen-bond acceptors (Lipinski definition) is 4. The Morgan fingerprint density at radius 3 is 2.70 bits per heavy atom. The lowest BCUT2D eigenvalue weighted by Crippen LogP contribution is -2.48. The summed E-state index contributed by atoms with van der Waals surface area (Å²) in [6.45, 7) is 7.51. The topological polar surface area (TPSA) is 70.6 Å². The quantitative estimate of drug-likeness (QED) is 0.403. The highest BCUT2D eigenvalue weighted by atomic mass is 127. The van der Waals surface area contributed by atoms with Gasteiger partial charge in [0.2, 0.25) is 0 Å². The second-order valence-corrected chi connectivity index (χ2v) is 10.0. The molecule has 1 atom stereocenters. The first-order valence-electron chi connectivity index (χ1n) is 7.53. The third-order valence-corrected chi connectivity index (χ3v) is 6.05. The van der Waals surface area contributed by atoms with Gasteiger partial charge >= 0.3 is 0 Å². The molecule has 0 aliphatic carbocycles. The first kappa shape index (κ1) is 20.7. The molecule has 0 bridgehead atoms. The second kappa shape index (κ2) is 8.66. The average molecular weight is 471 g/mol. The number of hydrogen-bond donors (Lipinski definition) is 2. The molecule has 8 heteroatoms. The molecule has 2 heterocycles. The normalized spacial score (nSPS) is 20.8. The summed E-state index contributed by atoms with van der Waals surface area (Å²) in [4.78, 5) is 5.81. The van der Waals surface area contributed by atoms with Gasteiger partial charge in [0.1, 0.15) is 0 Å². The molecular weight excluding hydrogens is 445 g/mol. The van der Waals surface area contributed by atoms with Crippen LogP contribution in [-0.2, 0) is 16.4 Å². The van der Waals surface area contributed by atoms with E-state index in [2.05, 4.69) is 42.5 Å². The van der Waals surface area contributed by atoms with E-state index in [1.807, 2.05) is 11.4 Å². The van der Waals surface area contributed by atoms with E-state index in [0.29, 0.717) is 18.8 Å². The van der Waals surface area contributed by atoms with Crippen LogP contribution < -0.4 is 10.6 Å². The molecule has 132 valence electrons. The lowest BCUT2D eigenvalue weighted by Gasteiger charge is -2.24. The molecule has 1 unspecified atom stereocenters. The summed E-state index contributed by atoms with van der Waals surface area (Å²) in [5.74, 6) is 1.52. The Bertz CT molecular complexity index is 607. The van der Waals surface area contributed by atoms with Crippen LogP contribution in [0.3, 0.4) is 0 Å². The van der Waals surface area contributed by atoms with Gasteiger partial charge in [0.05, 0.1) is 18.1 Å². The Balaban J connectivity index is 0.00000264. The van der Waals surface area contributed by atoms with Crippen LogP contribution in [0.15, 0.2) is 22.5 Å². The Morgan fingerprint density at radius 2 is 2.17 bits per heavy atom. The smallest absolute Gasteiger partial charge is 0.192 e. The van der Waals surface area contributed by atoms with E-state index in [4.69, 9.17) is 0 Å². The standard InChI is InChI=1S/C15H25N3O2S2.HI/c1-15(2,3)18-14(17-10-13-5-4-7-21-13)16-9-12-6-8-22(19,20)11-12;/h4-5,7,12H,6,8-11H2,1-3H3,(H2,16,17,18);1H. The fraction of sp³-hybridized carbons (Fsp3) is 0.667. The van der Waals surface area contributed by atoms with Crippen molar-refractivity contribution in [3.05, 3.63) is 22.4 Å². The van der Waals surface area contributed by atoms with Crippen molar-refractivity contribution < 1.29 is 8.42 Å². The summed E-state index contributed by atoms with van der Waals surface area (Å²) in [6, 6.07) is 4.08. The fourth-order valence-electron chi connectivity index (χ4n) is 2.33. The minimum atomic E-state index is -2.82. The monoisotopic (exact) mass is 471 g/mol. The van der Waals surface area contributed by atoms with Gasteiger partial charge < -0.3 is 10.6 Å². The number of nitrogens with zero attached hydrogens (tertiary/aromatic N) is 1. The predicted molar refractivity (Wildman–Crippen MR) is 109 cm³/mol. The Morgan fingerprint density at radius 1 is 1.43 bits per heavy atom. The number of rotatable bonds is 4. The summed E-state index contributed by atoms with van der Waals surface area (Å²) in [6.07, 6.45) is 0.739. The van der Waals surface area contributed by atoms with E-state index < -0.39 is 9.84 Å². The van der Waals surface area contributed by atoms with Crippen molar-refractivity contribution in [2.45, 2.75) is 39.3 Å². The summed E-state index contributed by atoms with van der Waals surface area (Å²) in [7, 11) is -2.82. The van der Waals surface area contributed by atoms with Crippen LogP contribution in [-0.4, -0.2) is 38.0 Å². The van der Waals surface area contributed by atoms with Crippen molar-refractivity contribution in [2.75, 3.05) is 18.1 Å². The van der Waals surface area contributed by atoms with E-state index >= 15 is 0 Å². The van der Waals surface area contributed by atoms with Crippen molar-refractivity contribution in [3.8, 4) is 0 Å². The van der Waals surface area contributed by atoms with Gasteiger partial charge in [-0.25, -0.2) is 13.4 Å². The predicted octanol–water partition coefficient (Wildman–Crippen LogP) is 2.63. The number of thiophene rings is 1. The number of nitrogens with one attached hydrogen (secondary N) is 2. The van der Waals surface area contributed by atoms with Crippen molar-refractivity contribution in [3.63, 3.8) is 0 Å². The van der Waals surface area contributed by atoms with Crippen LogP contribution in [0, 0.1) is 5.92 Å². The average Bonchev–Trinajstić information content (AvgIpc) is 3.00. The van der Waals surface area contributed by atoms with Crippen molar-refractivity contribution in [1.29, 1.82) is 0 Å². The zero-order valence-electron chi connectivity index (χ0n) is 13.8. The van der Waals surface area contributed by atoms with E-state index in [9.17, 15) is 8.42 Å². The Hall–Kier alpha value is -0.350. The summed E-state index contributed by atoms with van der Waals surface area (Å²) >= 11 is 1.68. The molecule has 1 aromatic heterocycles. The highest BCUT2D eigenvalue weighted by Crippen LogP contribution is 2.17. The Kier molecular flexibility index (Phi) is 7.79. The molecule has 1 aliphatic rings. The highest BCUT2D eigenvalue weighted by Gasteiger charge is 2.28. The van der Waals surface area contributed by atoms with Gasteiger partial charge in [-0.15, -0.1) is 35.3 Å². The molecule has 1 fully saturated rings. The van der Waals surface area contributed by atoms with Crippen LogP contribution in [0.5, 0.6) is 0 Å². The molecule has 0 saturated carbocycles. The van der Waals surface area contributed by atoms with Gasteiger partial charge in [0, 0.05) is 17.0 Å². The fourth-order valence-corrected chi connectivity index (χ4v) is 4.82. The molecule has 1 saturated heterocycles. The lowest BCUT2D eigenvalue weighted by atomic mass is 10.1. The Labute approximate surface area is 160 Å². The van der Waals surface area contributed by atoms with Gasteiger partial charge in [0.15, 0.2) is 15.8 Å². The highest BCUT2D eigenvalue weighted by molar-refractivity contribution is 14.0. The molecule has 1 aliphatic heterocycles. The zero-order valence-corrected chi connectivity index (χ0v) is 17.8. The second-order valence-electron chi connectivity index (χ2n) is 6.77. The van der Waals surface area contributed by atoms with Gasteiger partial charge in [0.25, 0.3) is 0 Å². The molecule has 0 aromatic carbocycles. The van der Waals surface area contributed by atoms with Crippen LogP contribution >= 0.6 is 35.3 Å². The summed E-state index contributed by atoms with van der Waals surface area (Å²) in [5, 5.41) is 8.70. The van der Waals surface area contributed by atoms with Crippen molar-refractivity contribution in [1.82, 2.24) is 10.6 Å².